The first-order chi connectivity index (χ1) is 18.7. The van der Waals surface area contributed by atoms with Crippen molar-refractivity contribution in [3.63, 3.8) is 0 Å². The summed E-state index contributed by atoms with van der Waals surface area (Å²) in [6, 6.07) is 30.2. The number of nitrogens with zero attached hydrogens (tertiary/aromatic N) is 2. The van der Waals surface area contributed by atoms with Gasteiger partial charge in [-0.1, -0.05) is 78.9 Å². The van der Waals surface area contributed by atoms with Gasteiger partial charge in [0.25, 0.3) is 5.91 Å². The van der Waals surface area contributed by atoms with Crippen molar-refractivity contribution in [3.05, 3.63) is 114 Å². The van der Waals surface area contributed by atoms with E-state index in [1.807, 2.05) is 72.5 Å². The van der Waals surface area contributed by atoms with Crippen molar-refractivity contribution in [2.24, 2.45) is 0 Å². The molecule has 1 saturated heterocycles. The first-order valence-electron chi connectivity index (χ1n) is 13.3. The number of rotatable bonds is 9. The van der Waals surface area contributed by atoms with E-state index in [-0.39, 0.29) is 5.91 Å². The molecule has 0 saturated carbocycles. The van der Waals surface area contributed by atoms with Crippen LogP contribution in [0.3, 0.4) is 0 Å². The normalized spacial score (nSPS) is 14.2. The smallest absolute Gasteiger partial charge is 0.253 e. The van der Waals surface area contributed by atoms with E-state index in [1.165, 1.54) is 5.56 Å². The maximum atomic E-state index is 13.4. The van der Waals surface area contributed by atoms with Gasteiger partial charge in [0.05, 0.1) is 6.61 Å². The summed E-state index contributed by atoms with van der Waals surface area (Å²) in [4.78, 5) is 17.7. The maximum absolute atomic E-state index is 13.4. The summed E-state index contributed by atoms with van der Waals surface area (Å²) >= 11 is 0. The zero-order valence-corrected chi connectivity index (χ0v) is 21.9. The van der Waals surface area contributed by atoms with Gasteiger partial charge in [0.15, 0.2) is 0 Å². The Balaban J connectivity index is 1.22. The lowest BCUT2D eigenvalue weighted by atomic mass is 10.1. The molecule has 1 aliphatic heterocycles. The Morgan fingerprint density at radius 2 is 1.58 bits per heavy atom. The Morgan fingerprint density at radius 1 is 0.816 bits per heavy atom. The van der Waals surface area contributed by atoms with Crippen molar-refractivity contribution in [2.45, 2.75) is 13.5 Å². The first kappa shape index (κ1) is 25.6. The minimum atomic E-state index is 0.0546. The van der Waals surface area contributed by atoms with E-state index >= 15 is 0 Å². The predicted octanol–water partition coefficient (Wildman–Crippen LogP) is 6.29. The second kappa shape index (κ2) is 12.4. The number of carbonyl (C=O) groups is 1. The zero-order chi connectivity index (χ0) is 26.2. The molecule has 0 bridgehead atoms. The molecule has 0 aromatic heterocycles. The van der Waals surface area contributed by atoms with Gasteiger partial charge < -0.3 is 14.4 Å². The molecule has 0 unspecified atom stereocenters. The van der Waals surface area contributed by atoms with Gasteiger partial charge >= 0.3 is 0 Å². The van der Waals surface area contributed by atoms with Crippen molar-refractivity contribution in [2.75, 3.05) is 39.3 Å². The van der Waals surface area contributed by atoms with Gasteiger partial charge in [-0.05, 0) is 42.1 Å². The van der Waals surface area contributed by atoms with Crippen LogP contribution in [0.2, 0.25) is 0 Å². The molecule has 1 fully saturated rings. The number of piperazine rings is 1. The Hall–Kier alpha value is -4.09. The molecular formula is C33H34N2O3. The molecule has 0 N–H and O–H groups in total. The van der Waals surface area contributed by atoms with E-state index in [0.717, 1.165) is 47.5 Å². The highest BCUT2D eigenvalue weighted by Gasteiger charge is 2.22. The molecular weight excluding hydrogens is 472 g/mol. The molecule has 1 amide bonds. The van der Waals surface area contributed by atoms with Crippen molar-refractivity contribution < 1.29 is 14.3 Å². The standard InChI is InChI=1S/C33H34N2O3/c1-2-37-31-18-17-28(24-29(31)25-38-32-16-8-14-27-13-6-7-15-30(27)32)33(36)35-22-20-34(21-23-35)19-9-12-26-10-4-3-5-11-26/h3-18,24H,2,19-23,25H2,1H3/b12-9+. The van der Waals surface area contributed by atoms with E-state index in [2.05, 4.69) is 47.4 Å². The Labute approximate surface area is 224 Å². The molecule has 0 atom stereocenters. The van der Waals surface area contributed by atoms with Crippen molar-refractivity contribution in [1.82, 2.24) is 9.80 Å². The molecule has 1 aliphatic rings. The second-order valence-corrected chi connectivity index (χ2v) is 9.43. The highest BCUT2D eigenvalue weighted by molar-refractivity contribution is 5.94. The third kappa shape index (κ3) is 6.24. The largest absolute Gasteiger partial charge is 0.493 e. The van der Waals surface area contributed by atoms with Gasteiger partial charge in [0.2, 0.25) is 0 Å². The van der Waals surface area contributed by atoms with Crippen LogP contribution in [0.5, 0.6) is 11.5 Å². The van der Waals surface area contributed by atoms with Gasteiger partial charge in [-0.3, -0.25) is 9.69 Å². The number of carbonyl (C=O) groups excluding carboxylic acids is 1. The van der Waals surface area contributed by atoms with Gasteiger partial charge in [-0.15, -0.1) is 0 Å². The molecule has 0 radical (unpaired) electrons. The van der Waals surface area contributed by atoms with Crippen LogP contribution < -0.4 is 9.47 Å². The molecule has 4 aromatic rings. The quantitative estimate of drug-likeness (QED) is 0.268. The maximum Gasteiger partial charge on any atom is 0.253 e. The predicted molar refractivity (Wildman–Crippen MR) is 154 cm³/mol. The number of ether oxygens (including phenoxy) is 2. The lowest BCUT2D eigenvalue weighted by molar-refractivity contribution is 0.0650. The SMILES string of the molecule is CCOc1ccc(C(=O)N2CCN(C/C=C/c3ccccc3)CC2)cc1COc1cccc2ccccc12. The lowest BCUT2D eigenvalue weighted by Crippen LogP contribution is -2.48. The van der Waals surface area contributed by atoms with Crippen molar-refractivity contribution in [1.29, 1.82) is 0 Å². The molecule has 0 spiro atoms. The minimum absolute atomic E-state index is 0.0546. The van der Waals surface area contributed by atoms with Crippen LogP contribution in [0.25, 0.3) is 16.8 Å². The fourth-order valence-corrected chi connectivity index (χ4v) is 4.82. The summed E-state index contributed by atoms with van der Waals surface area (Å²) in [5.74, 6) is 1.62. The third-order valence-electron chi connectivity index (χ3n) is 6.87. The zero-order valence-electron chi connectivity index (χ0n) is 21.9. The van der Waals surface area contributed by atoms with Crippen LogP contribution in [-0.2, 0) is 6.61 Å². The molecule has 0 aliphatic carbocycles. The van der Waals surface area contributed by atoms with Crippen LogP contribution in [0.1, 0.15) is 28.4 Å². The van der Waals surface area contributed by atoms with E-state index in [1.54, 1.807) is 0 Å². The van der Waals surface area contributed by atoms with Crippen LogP contribution in [0.15, 0.2) is 97.1 Å². The highest BCUT2D eigenvalue weighted by atomic mass is 16.5. The average molecular weight is 507 g/mol. The van der Waals surface area contributed by atoms with E-state index < -0.39 is 0 Å². The molecule has 38 heavy (non-hydrogen) atoms. The van der Waals surface area contributed by atoms with E-state index in [4.69, 9.17) is 9.47 Å². The molecule has 5 heteroatoms. The summed E-state index contributed by atoms with van der Waals surface area (Å²) in [5, 5.41) is 2.20. The Bertz CT molecular complexity index is 1390. The monoisotopic (exact) mass is 506 g/mol. The number of benzene rings is 4. The van der Waals surface area contributed by atoms with Crippen molar-refractivity contribution in [3.8, 4) is 11.5 Å². The summed E-state index contributed by atoms with van der Waals surface area (Å²) in [7, 11) is 0. The number of fused-ring (bicyclic) bond motifs is 1. The third-order valence-corrected chi connectivity index (χ3v) is 6.87. The van der Waals surface area contributed by atoms with Crippen molar-refractivity contribution >= 4 is 22.8 Å². The first-order valence-corrected chi connectivity index (χ1v) is 13.3. The van der Waals surface area contributed by atoms with Crippen LogP contribution in [-0.4, -0.2) is 55.0 Å². The summed E-state index contributed by atoms with van der Waals surface area (Å²) in [5.41, 5.74) is 2.75. The molecule has 1 heterocycles. The average Bonchev–Trinajstić information content (AvgIpc) is 2.97. The van der Waals surface area contributed by atoms with Gasteiger partial charge in [-0.2, -0.15) is 0 Å². The molecule has 194 valence electrons. The summed E-state index contributed by atoms with van der Waals surface area (Å²) < 4.78 is 12.1. The highest BCUT2D eigenvalue weighted by Crippen LogP contribution is 2.28. The minimum Gasteiger partial charge on any atom is -0.493 e. The molecule has 4 aromatic carbocycles. The van der Waals surface area contributed by atoms with Gasteiger partial charge in [0.1, 0.15) is 18.1 Å². The number of hydrogen-bond acceptors (Lipinski definition) is 4. The topological polar surface area (TPSA) is 42.0 Å². The summed E-state index contributed by atoms with van der Waals surface area (Å²) in [6.45, 7) is 6.87. The van der Waals surface area contributed by atoms with E-state index in [9.17, 15) is 4.79 Å². The van der Waals surface area contributed by atoms with E-state index in [0.29, 0.717) is 31.9 Å². The lowest BCUT2D eigenvalue weighted by Gasteiger charge is -2.34. The van der Waals surface area contributed by atoms with Gasteiger partial charge in [0, 0.05) is 49.2 Å². The molecule has 5 nitrogen and oxygen atoms in total. The number of hydrogen-bond donors (Lipinski definition) is 0. The van der Waals surface area contributed by atoms with Crippen LogP contribution >= 0.6 is 0 Å². The Kier molecular flexibility index (Phi) is 8.36. The van der Waals surface area contributed by atoms with Crippen LogP contribution in [0.4, 0.5) is 0 Å². The molecule has 5 rings (SSSR count). The van der Waals surface area contributed by atoms with Gasteiger partial charge in [-0.25, -0.2) is 0 Å². The second-order valence-electron chi connectivity index (χ2n) is 9.43. The summed E-state index contributed by atoms with van der Waals surface area (Å²) in [6.07, 6.45) is 4.35. The fraction of sp³-hybridized carbons (Fsp3) is 0.242. The number of amides is 1. The van der Waals surface area contributed by atoms with Crippen LogP contribution in [0, 0.1) is 0 Å². The fourth-order valence-electron chi connectivity index (χ4n) is 4.82. The Morgan fingerprint density at radius 3 is 2.39 bits per heavy atom.